The molecule has 0 atom stereocenters. The van der Waals surface area contributed by atoms with Gasteiger partial charge in [-0.3, -0.25) is 4.79 Å². The predicted molar refractivity (Wildman–Crippen MR) is 114 cm³/mol. The van der Waals surface area contributed by atoms with E-state index < -0.39 is 5.97 Å². The van der Waals surface area contributed by atoms with Crippen molar-refractivity contribution < 1.29 is 23.8 Å². The maximum atomic E-state index is 12.7. The van der Waals surface area contributed by atoms with Crippen LogP contribution in [0.1, 0.15) is 31.8 Å². The minimum atomic E-state index is -0.563. The Kier molecular flexibility index (Phi) is 5.29. The van der Waals surface area contributed by atoms with E-state index in [0.717, 1.165) is 0 Å². The molecule has 4 rings (SSSR count). The lowest BCUT2D eigenvalue weighted by molar-refractivity contribution is 0.0729. The zero-order valence-corrected chi connectivity index (χ0v) is 17.0. The van der Waals surface area contributed by atoms with E-state index in [1.165, 1.54) is 7.11 Å². The van der Waals surface area contributed by atoms with Crippen LogP contribution in [0.4, 0.5) is 0 Å². The lowest BCUT2D eigenvalue weighted by atomic mass is 10.1. The molecule has 0 spiro atoms. The van der Waals surface area contributed by atoms with Gasteiger partial charge < -0.3 is 14.2 Å². The van der Waals surface area contributed by atoms with Gasteiger partial charge in [0.25, 0.3) is 0 Å². The van der Waals surface area contributed by atoms with Gasteiger partial charge >= 0.3 is 5.97 Å². The molecule has 0 aliphatic carbocycles. The van der Waals surface area contributed by atoms with E-state index in [9.17, 15) is 9.59 Å². The Morgan fingerprint density at radius 2 is 1.73 bits per heavy atom. The van der Waals surface area contributed by atoms with E-state index >= 15 is 0 Å². The van der Waals surface area contributed by atoms with Crippen LogP contribution >= 0.6 is 11.6 Å². The molecule has 5 nitrogen and oxygen atoms in total. The molecule has 0 N–H and O–H groups in total. The number of Topliss-reactive ketones (excluding diaryl/α,β-unsaturated/α-hetero) is 1. The van der Waals surface area contributed by atoms with Crippen molar-refractivity contribution in [1.29, 1.82) is 0 Å². The summed E-state index contributed by atoms with van der Waals surface area (Å²) in [5, 5.41) is 0.514. The van der Waals surface area contributed by atoms with E-state index in [1.54, 1.807) is 61.5 Å². The van der Waals surface area contributed by atoms with Gasteiger partial charge in [-0.1, -0.05) is 41.9 Å². The number of ketones is 1. The molecule has 0 unspecified atom stereocenters. The number of hydrogen-bond acceptors (Lipinski definition) is 5. The first kappa shape index (κ1) is 19.7. The number of methoxy groups -OCH3 is 1. The number of ether oxygens (including phenoxy) is 3. The summed E-state index contributed by atoms with van der Waals surface area (Å²) >= 11 is 6.18. The fourth-order valence-electron chi connectivity index (χ4n) is 3.18. The highest BCUT2D eigenvalue weighted by Gasteiger charge is 2.31. The van der Waals surface area contributed by atoms with Crippen LogP contribution in [-0.4, -0.2) is 18.9 Å². The van der Waals surface area contributed by atoms with Gasteiger partial charge in [0, 0.05) is 10.6 Å². The van der Waals surface area contributed by atoms with Crippen LogP contribution in [-0.2, 0) is 0 Å². The zero-order valence-electron chi connectivity index (χ0n) is 16.3. The molecule has 0 radical (unpaired) electrons. The minimum absolute atomic E-state index is 0.161. The number of carbonyl (C=O) groups excluding carboxylic acids is 2. The van der Waals surface area contributed by atoms with Gasteiger partial charge in [-0.25, -0.2) is 4.79 Å². The van der Waals surface area contributed by atoms with Crippen LogP contribution < -0.4 is 14.2 Å². The fraction of sp³-hybridized carbons (Fsp3) is 0.0833. The quantitative estimate of drug-likeness (QED) is 0.317. The third-order valence-corrected chi connectivity index (χ3v) is 5.10. The normalized spacial score (nSPS) is 13.7. The summed E-state index contributed by atoms with van der Waals surface area (Å²) < 4.78 is 16.6. The lowest BCUT2D eigenvalue weighted by Crippen LogP contribution is -2.11. The van der Waals surface area contributed by atoms with Crippen LogP contribution in [0.3, 0.4) is 0 Å². The highest BCUT2D eigenvalue weighted by molar-refractivity contribution is 6.32. The van der Waals surface area contributed by atoms with Crippen molar-refractivity contribution in [3.8, 4) is 17.2 Å². The van der Waals surface area contributed by atoms with E-state index in [4.69, 9.17) is 25.8 Å². The first-order chi connectivity index (χ1) is 14.5. The Balaban J connectivity index is 1.64. The van der Waals surface area contributed by atoms with Crippen LogP contribution in [0.15, 0.2) is 66.4 Å². The number of benzene rings is 3. The smallest absolute Gasteiger partial charge is 0.347 e. The fourth-order valence-corrected chi connectivity index (χ4v) is 3.37. The highest BCUT2D eigenvalue weighted by atomic mass is 35.5. The maximum Gasteiger partial charge on any atom is 0.347 e. The average Bonchev–Trinajstić information content (AvgIpc) is 3.08. The van der Waals surface area contributed by atoms with Gasteiger partial charge in [0.1, 0.15) is 22.8 Å². The first-order valence-electron chi connectivity index (χ1n) is 9.17. The molecule has 1 aliphatic heterocycles. The Morgan fingerprint density at radius 1 is 1.00 bits per heavy atom. The summed E-state index contributed by atoms with van der Waals surface area (Å²) in [6, 6.07) is 17.1. The van der Waals surface area contributed by atoms with Gasteiger partial charge in [0.2, 0.25) is 5.78 Å². The molecule has 3 aromatic carbocycles. The Hall–Kier alpha value is -3.57. The molecule has 6 heteroatoms. The van der Waals surface area contributed by atoms with Crippen molar-refractivity contribution in [3.05, 3.63) is 93.7 Å². The number of para-hydroxylation sites is 1. The number of esters is 1. The molecule has 0 bridgehead atoms. The number of fused-ring (bicyclic) bond motifs is 1. The SMILES string of the molecule is COc1ccccc1C(=O)Oc1ccc2c(c1C)O/C(=C\c1ccccc1Cl)C2=O. The van der Waals surface area contributed by atoms with E-state index in [2.05, 4.69) is 0 Å². The summed E-state index contributed by atoms with van der Waals surface area (Å²) in [4.78, 5) is 25.4. The number of halogens is 1. The van der Waals surface area contributed by atoms with E-state index in [-0.39, 0.29) is 11.5 Å². The van der Waals surface area contributed by atoms with Crippen molar-refractivity contribution in [2.75, 3.05) is 7.11 Å². The predicted octanol–water partition coefficient (Wildman–Crippen LogP) is 5.49. The summed E-state index contributed by atoms with van der Waals surface area (Å²) in [7, 11) is 1.49. The number of allylic oxidation sites excluding steroid dienone is 1. The third kappa shape index (κ3) is 3.55. The van der Waals surface area contributed by atoms with Gasteiger partial charge in [0.05, 0.1) is 12.7 Å². The summed E-state index contributed by atoms with van der Waals surface area (Å²) in [5.74, 6) is 0.425. The Labute approximate surface area is 178 Å². The second-order valence-corrected chi connectivity index (χ2v) is 7.02. The molecule has 0 fully saturated rings. The molecule has 0 saturated heterocycles. The first-order valence-corrected chi connectivity index (χ1v) is 9.55. The molecule has 30 heavy (non-hydrogen) atoms. The van der Waals surface area contributed by atoms with Crippen molar-refractivity contribution in [1.82, 2.24) is 0 Å². The molecule has 0 aromatic heterocycles. The number of carbonyl (C=O) groups is 2. The molecule has 150 valence electrons. The second kappa shape index (κ2) is 8.05. The molecule has 0 amide bonds. The molecule has 1 heterocycles. The second-order valence-electron chi connectivity index (χ2n) is 6.62. The molecular formula is C24H17ClO5. The summed E-state index contributed by atoms with van der Waals surface area (Å²) in [6.07, 6.45) is 1.60. The summed E-state index contributed by atoms with van der Waals surface area (Å²) in [5.41, 5.74) is 1.93. The minimum Gasteiger partial charge on any atom is -0.496 e. The average molecular weight is 421 g/mol. The highest BCUT2D eigenvalue weighted by Crippen LogP contribution is 2.40. The van der Waals surface area contributed by atoms with Crippen LogP contribution in [0, 0.1) is 6.92 Å². The van der Waals surface area contributed by atoms with Crippen molar-refractivity contribution in [2.24, 2.45) is 0 Å². The van der Waals surface area contributed by atoms with Gasteiger partial charge in [0.15, 0.2) is 5.76 Å². The van der Waals surface area contributed by atoms with Gasteiger partial charge in [-0.2, -0.15) is 0 Å². The van der Waals surface area contributed by atoms with E-state index in [0.29, 0.717) is 44.5 Å². The van der Waals surface area contributed by atoms with Gasteiger partial charge in [-0.15, -0.1) is 0 Å². The maximum absolute atomic E-state index is 12.7. The van der Waals surface area contributed by atoms with Crippen LogP contribution in [0.25, 0.3) is 6.08 Å². The Bertz CT molecular complexity index is 1200. The standard InChI is InChI=1S/C24H17ClO5/c1-14-19(30-24(27)16-8-4-6-10-20(16)28-2)12-11-17-22(26)21(29-23(14)17)13-15-7-3-5-9-18(15)25/h3-13H,1-2H3/b21-13-. The lowest BCUT2D eigenvalue weighted by Gasteiger charge is -2.11. The van der Waals surface area contributed by atoms with Gasteiger partial charge in [-0.05, 0) is 48.9 Å². The number of hydrogen-bond donors (Lipinski definition) is 0. The summed E-state index contributed by atoms with van der Waals surface area (Å²) in [6.45, 7) is 1.73. The number of rotatable bonds is 4. The zero-order chi connectivity index (χ0) is 21.3. The van der Waals surface area contributed by atoms with Crippen LogP contribution in [0.2, 0.25) is 5.02 Å². The van der Waals surface area contributed by atoms with Crippen molar-refractivity contribution in [2.45, 2.75) is 6.92 Å². The largest absolute Gasteiger partial charge is 0.496 e. The van der Waals surface area contributed by atoms with E-state index in [1.807, 2.05) is 12.1 Å². The van der Waals surface area contributed by atoms with Crippen LogP contribution in [0.5, 0.6) is 17.2 Å². The van der Waals surface area contributed by atoms with Crippen molar-refractivity contribution >= 4 is 29.4 Å². The third-order valence-electron chi connectivity index (χ3n) is 4.76. The molecular weight excluding hydrogens is 404 g/mol. The molecule has 1 aliphatic rings. The monoisotopic (exact) mass is 420 g/mol. The molecule has 3 aromatic rings. The Morgan fingerprint density at radius 3 is 2.50 bits per heavy atom. The van der Waals surface area contributed by atoms with Crippen molar-refractivity contribution in [3.63, 3.8) is 0 Å². The topological polar surface area (TPSA) is 61.8 Å². The molecule has 0 saturated carbocycles.